The maximum absolute atomic E-state index is 9.60. The Kier molecular flexibility index (Phi) is 28.4. The summed E-state index contributed by atoms with van der Waals surface area (Å²) < 4.78 is 0. The number of aliphatic carboxylic acids is 4. The maximum atomic E-state index is 9.60. The third-order valence-electron chi connectivity index (χ3n) is 3.22. The normalized spacial score (nSPS) is 8.73. The van der Waals surface area contributed by atoms with E-state index in [9.17, 15) is 19.2 Å². The number of hydrogen-bond acceptors (Lipinski definition) is 7. The van der Waals surface area contributed by atoms with Crippen LogP contribution in [0.25, 0.3) is 0 Å². The lowest BCUT2D eigenvalue weighted by atomic mass is 9.88. The van der Waals surface area contributed by atoms with Crippen molar-refractivity contribution in [3.8, 4) is 0 Å². The predicted octanol–water partition coefficient (Wildman–Crippen LogP) is 1.95. The SMILES string of the molecule is C=C(C)C(=O)O.C=C(C)C(=O)O.C=C(C)C(=O)O.C=C(C)C(=O)O.CCC(CO)(CO)CO. The first-order chi connectivity index (χ1) is 14.8. The fourth-order valence-corrected chi connectivity index (χ4v) is 0.485. The van der Waals surface area contributed by atoms with Gasteiger partial charge in [-0.25, -0.2) is 19.2 Å². The van der Waals surface area contributed by atoms with Gasteiger partial charge in [0.25, 0.3) is 0 Å². The van der Waals surface area contributed by atoms with Crippen molar-refractivity contribution < 1.29 is 54.9 Å². The highest BCUT2D eigenvalue weighted by molar-refractivity contribution is 5.85. The molecule has 0 unspecified atom stereocenters. The summed E-state index contributed by atoms with van der Waals surface area (Å²) in [5.41, 5.74) is 0.0370. The molecule has 0 heterocycles. The van der Waals surface area contributed by atoms with Gasteiger partial charge in [0, 0.05) is 27.7 Å². The lowest BCUT2D eigenvalue weighted by Gasteiger charge is -2.24. The molecule has 7 N–H and O–H groups in total. The van der Waals surface area contributed by atoms with Crippen LogP contribution in [0.15, 0.2) is 48.6 Å². The highest BCUT2D eigenvalue weighted by atomic mass is 16.4. The molecule has 11 heteroatoms. The molecular formula is C22H38O11. The van der Waals surface area contributed by atoms with Crippen LogP contribution in [0.4, 0.5) is 0 Å². The average molecular weight is 479 g/mol. The lowest BCUT2D eigenvalue weighted by molar-refractivity contribution is -0.133. The number of aliphatic hydroxyl groups excluding tert-OH is 3. The van der Waals surface area contributed by atoms with Crippen LogP contribution in [0.5, 0.6) is 0 Å². The third kappa shape index (κ3) is 33.6. The van der Waals surface area contributed by atoms with Gasteiger partial charge in [-0.15, -0.1) is 0 Å². The van der Waals surface area contributed by atoms with E-state index in [0.717, 1.165) is 0 Å². The van der Waals surface area contributed by atoms with Crippen molar-refractivity contribution in [2.75, 3.05) is 19.8 Å². The van der Waals surface area contributed by atoms with Gasteiger partial charge in [0.05, 0.1) is 19.8 Å². The van der Waals surface area contributed by atoms with Crippen molar-refractivity contribution in [1.82, 2.24) is 0 Å². The standard InChI is InChI=1S/C6H14O3.4C4H6O2/c1-2-6(3-7,4-8)5-9;4*1-3(2)4(5)6/h7-9H,2-5H2,1H3;4*1H2,2H3,(H,5,6). The summed E-state index contributed by atoms with van der Waals surface area (Å²) in [4.78, 5) is 38.4. The summed E-state index contributed by atoms with van der Waals surface area (Å²) in [7, 11) is 0. The minimum Gasteiger partial charge on any atom is -0.478 e. The van der Waals surface area contributed by atoms with Gasteiger partial charge in [-0.3, -0.25) is 0 Å². The minimum atomic E-state index is -0.935. The molecule has 0 aromatic rings. The fraction of sp³-hybridized carbons (Fsp3) is 0.455. The van der Waals surface area contributed by atoms with E-state index in [0.29, 0.717) is 6.42 Å². The molecular weight excluding hydrogens is 440 g/mol. The van der Waals surface area contributed by atoms with Crippen molar-refractivity contribution in [3.05, 3.63) is 48.6 Å². The molecule has 0 amide bonds. The zero-order valence-corrected chi connectivity index (χ0v) is 19.9. The number of carboxylic acid groups (broad SMARTS) is 4. The molecule has 0 radical (unpaired) electrons. The number of carbonyl (C=O) groups is 4. The van der Waals surface area contributed by atoms with Gasteiger partial charge >= 0.3 is 23.9 Å². The first kappa shape index (κ1) is 40.1. The van der Waals surface area contributed by atoms with E-state index in [4.69, 9.17) is 35.7 Å². The number of carboxylic acids is 4. The van der Waals surface area contributed by atoms with Gasteiger partial charge in [0.1, 0.15) is 0 Å². The Hall–Kier alpha value is -3.28. The molecule has 0 bridgehead atoms. The second-order valence-corrected chi connectivity index (χ2v) is 6.67. The van der Waals surface area contributed by atoms with Crippen molar-refractivity contribution in [3.63, 3.8) is 0 Å². The summed E-state index contributed by atoms with van der Waals surface area (Å²) >= 11 is 0. The summed E-state index contributed by atoms with van der Waals surface area (Å²) in [5, 5.41) is 57.5. The summed E-state index contributed by atoms with van der Waals surface area (Å²) in [5.74, 6) is -3.74. The van der Waals surface area contributed by atoms with Crippen LogP contribution in [-0.4, -0.2) is 79.4 Å². The first-order valence-corrected chi connectivity index (χ1v) is 9.20. The molecule has 11 nitrogen and oxygen atoms in total. The van der Waals surface area contributed by atoms with Gasteiger partial charge in [-0.2, -0.15) is 0 Å². The predicted molar refractivity (Wildman–Crippen MR) is 124 cm³/mol. The molecule has 0 spiro atoms. The second kappa shape index (κ2) is 23.4. The highest BCUT2D eigenvalue weighted by Crippen LogP contribution is 2.18. The van der Waals surface area contributed by atoms with Crippen LogP contribution in [0.2, 0.25) is 0 Å². The largest absolute Gasteiger partial charge is 0.478 e. The first-order valence-electron chi connectivity index (χ1n) is 9.20. The van der Waals surface area contributed by atoms with Crippen LogP contribution >= 0.6 is 0 Å². The van der Waals surface area contributed by atoms with E-state index in [1.54, 1.807) is 0 Å². The Labute approximate surface area is 194 Å². The molecule has 0 aliphatic heterocycles. The molecule has 33 heavy (non-hydrogen) atoms. The minimum absolute atomic E-state index is 0.156. The van der Waals surface area contributed by atoms with Crippen LogP contribution in [-0.2, 0) is 19.2 Å². The summed E-state index contributed by atoms with van der Waals surface area (Å²) in [6, 6.07) is 0. The van der Waals surface area contributed by atoms with Crippen molar-refractivity contribution in [1.29, 1.82) is 0 Å². The van der Waals surface area contributed by atoms with Gasteiger partial charge in [-0.05, 0) is 34.1 Å². The smallest absolute Gasteiger partial charge is 0.330 e. The quantitative estimate of drug-likeness (QED) is 0.251. The van der Waals surface area contributed by atoms with Crippen LogP contribution in [0.3, 0.4) is 0 Å². The second-order valence-electron chi connectivity index (χ2n) is 6.67. The topological polar surface area (TPSA) is 210 Å². The van der Waals surface area contributed by atoms with E-state index < -0.39 is 29.3 Å². The Balaban J connectivity index is -0.000000100. The van der Waals surface area contributed by atoms with Gasteiger partial charge < -0.3 is 35.7 Å². The van der Waals surface area contributed by atoms with E-state index in [2.05, 4.69) is 26.3 Å². The number of aliphatic hydroxyl groups is 3. The van der Waals surface area contributed by atoms with Gasteiger partial charge in [-0.1, -0.05) is 33.2 Å². The number of hydrogen-bond donors (Lipinski definition) is 7. The molecule has 0 aliphatic rings. The fourth-order valence-electron chi connectivity index (χ4n) is 0.485. The molecule has 0 saturated carbocycles. The molecule has 192 valence electrons. The molecule has 0 saturated heterocycles. The Morgan fingerprint density at radius 1 is 0.545 bits per heavy atom. The van der Waals surface area contributed by atoms with Crippen molar-refractivity contribution in [2.45, 2.75) is 41.0 Å². The Morgan fingerprint density at radius 2 is 0.667 bits per heavy atom. The molecule has 0 atom stereocenters. The lowest BCUT2D eigenvalue weighted by Crippen LogP contribution is -2.32. The van der Waals surface area contributed by atoms with Crippen molar-refractivity contribution >= 4 is 23.9 Å². The van der Waals surface area contributed by atoms with E-state index in [1.807, 2.05) is 6.92 Å². The van der Waals surface area contributed by atoms with Gasteiger partial charge in [0.15, 0.2) is 0 Å². The van der Waals surface area contributed by atoms with E-state index >= 15 is 0 Å². The Bertz CT molecular complexity index is 510. The molecule has 0 aromatic carbocycles. The zero-order valence-electron chi connectivity index (χ0n) is 19.9. The number of rotatable bonds is 8. The molecule has 0 aromatic heterocycles. The summed E-state index contributed by atoms with van der Waals surface area (Å²) in [6.45, 7) is 19.8. The van der Waals surface area contributed by atoms with E-state index in [1.165, 1.54) is 27.7 Å². The van der Waals surface area contributed by atoms with Crippen LogP contribution in [0.1, 0.15) is 41.0 Å². The maximum Gasteiger partial charge on any atom is 0.330 e. The summed E-state index contributed by atoms with van der Waals surface area (Å²) in [6.07, 6.45) is 0.594. The molecule has 0 rings (SSSR count). The van der Waals surface area contributed by atoms with Gasteiger partial charge in [0.2, 0.25) is 0 Å². The molecule has 0 aliphatic carbocycles. The van der Waals surface area contributed by atoms with Crippen molar-refractivity contribution in [2.24, 2.45) is 5.41 Å². The van der Waals surface area contributed by atoms with E-state index in [-0.39, 0.29) is 42.1 Å². The third-order valence-corrected chi connectivity index (χ3v) is 3.22. The highest BCUT2D eigenvalue weighted by Gasteiger charge is 2.24. The molecule has 0 fully saturated rings. The zero-order chi connectivity index (χ0) is 27.9. The van der Waals surface area contributed by atoms with Crippen LogP contribution in [0, 0.1) is 5.41 Å². The van der Waals surface area contributed by atoms with Crippen LogP contribution < -0.4 is 0 Å². The average Bonchev–Trinajstić information content (AvgIpc) is 2.71. The Morgan fingerprint density at radius 3 is 0.667 bits per heavy atom. The monoisotopic (exact) mass is 478 g/mol.